The quantitative estimate of drug-likeness (QED) is 0.164. The van der Waals surface area contributed by atoms with E-state index < -0.39 is 10.8 Å². The first-order chi connectivity index (χ1) is 16.7. The first-order valence-corrected chi connectivity index (χ1v) is 10.9. The van der Waals surface area contributed by atoms with E-state index in [0.29, 0.717) is 27.1 Å². The van der Waals surface area contributed by atoms with Crippen LogP contribution >= 0.6 is 15.9 Å². The van der Waals surface area contributed by atoms with Crippen LogP contribution in [0.1, 0.15) is 16.7 Å². The van der Waals surface area contributed by atoms with Gasteiger partial charge in [-0.05, 0) is 69.9 Å². The molecule has 0 bridgehead atoms. The fourth-order valence-corrected chi connectivity index (χ4v) is 3.64. The van der Waals surface area contributed by atoms with Crippen molar-refractivity contribution in [2.75, 3.05) is 12.4 Å². The average Bonchev–Trinajstić information content (AvgIpc) is 2.83. The fourth-order valence-electron chi connectivity index (χ4n) is 3.06. The number of methoxy groups -OCH3 is 1. The van der Waals surface area contributed by atoms with Gasteiger partial charge in [0.05, 0.1) is 22.2 Å². The number of nitrogens with one attached hydrogen (secondary N) is 1. The summed E-state index contributed by atoms with van der Waals surface area (Å²) in [5, 5.41) is 23.1. The Hall–Kier alpha value is -4.23. The molecule has 35 heavy (non-hydrogen) atoms. The van der Waals surface area contributed by atoms with Gasteiger partial charge < -0.3 is 14.8 Å². The molecule has 0 aliphatic rings. The zero-order valence-corrected chi connectivity index (χ0v) is 20.3. The van der Waals surface area contributed by atoms with Gasteiger partial charge in [-0.1, -0.05) is 18.2 Å². The minimum Gasteiger partial charge on any atom is -0.493 e. The van der Waals surface area contributed by atoms with Crippen molar-refractivity contribution in [3.05, 3.63) is 97.3 Å². The zero-order chi connectivity index (χ0) is 25.5. The number of aryl methyl sites for hydroxylation is 1. The van der Waals surface area contributed by atoms with Crippen molar-refractivity contribution in [2.45, 2.75) is 13.5 Å². The van der Waals surface area contributed by atoms with E-state index in [4.69, 9.17) is 9.47 Å². The number of anilines is 1. The summed E-state index contributed by atoms with van der Waals surface area (Å²) in [6, 6.07) is 15.0. The summed E-state index contributed by atoms with van der Waals surface area (Å²) in [5.74, 6) is -0.325. The van der Waals surface area contributed by atoms with E-state index in [-0.39, 0.29) is 29.4 Å². The number of nitriles is 1. The number of hydrogen-bond acceptors (Lipinski definition) is 6. The SMILES string of the molecule is COc1cc(/C=C(\C#N)C(=O)Nc2cc([N+](=O)[O-])ccc2C)cc(Br)c1OCc1ccc(F)cc1. The molecule has 1 N–H and O–H groups in total. The molecule has 0 unspecified atom stereocenters. The van der Waals surface area contributed by atoms with Crippen LogP contribution in [-0.4, -0.2) is 17.9 Å². The molecule has 0 radical (unpaired) electrons. The van der Waals surface area contributed by atoms with Crippen LogP contribution in [0.3, 0.4) is 0 Å². The molecule has 0 saturated carbocycles. The highest BCUT2D eigenvalue weighted by molar-refractivity contribution is 9.10. The Kier molecular flexibility index (Phi) is 8.17. The lowest BCUT2D eigenvalue weighted by molar-refractivity contribution is -0.384. The molecule has 8 nitrogen and oxygen atoms in total. The van der Waals surface area contributed by atoms with E-state index in [9.17, 15) is 24.6 Å². The van der Waals surface area contributed by atoms with Gasteiger partial charge in [0.15, 0.2) is 11.5 Å². The number of nitro benzene ring substituents is 1. The molecule has 3 aromatic carbocycles. The van der Waals surface area contributed by atoms with Crippen molar-refractivity contribution in [1.82, 2.24) is 0 Å². The normalized spacial score (nSPS) is 10.9. The number of ether oxygens (including phenoxy) is 2. The number of nitrogens with zero attached hydrogens (tertiary/aromatic N) is 2. The van der Waals surface area contributed by atoms with Crippen molar-refractivity contribution >= 4 is 39.3 Å². The third kappa shape index (κ3) is 6.43. The monoisotopic (exact) mass is 539 g/mol. The number of nitro groups is 1. The molecule has 10 heteroatoms. The molecule has 0 saturated heterocycles. The van der Waals surface area contributed by atoms with Crippen LogP contribution < -0.4 is 14.8 Å². The maximum Gasteiger partial charge on any atom is 0.271 e. The summed E-state index contributed by atoms with van der Waals surface area (Å²) >= 11 is 3.42. The molecule has 1 amide bonds. The third-order valence-corrected chi connectivity index (χ3v) is 5.49. The fraction of sp³-hybridized carbons (Fsp3) is 0.120. The molecule has 0 aliphatic carbocycles. The van der Waals surface area contributed by atoms with E-state index in [2.05, 4.69) is 21.2 Å². The van der Waals surface area contributed by atoms with Gasteiger partial charge in [0.2, 0.25) is 0 Å². The predicted molar refractivity (Wildman–Crippen MR) is 131 cm³/mol. The van der Waals surface area contributed by atoms with Gasteiger partial charge in [-0.3, -0.25) is 14.9 Å². The van der Waals surface area contributed by atoms with Crippen LogP contribution in [0.25, 0.3) is 6.08 Å². The molecule has 0 heterocycles. The van der Waals surface area contributed by atoms with Crippen LogP contribution in [-0.2, 0) is 11.4 Å². The average molecular weight is 540 g/mol. The number of carbonyl (C=O) groups excluding carboxylic acids is 1. The number of halogens is 2. The molecule has 0 fully saturated rings. The highest BCUT2D eigenvalue weighted by Crippen LogP contribution is 2.38. The first kappa shape index (κ1) is 25.4. The van der Waals surface area contributed by atoms with E-state index in [0.717, 1.165) is 5.56 Å². The van der Waals surface area contributed by atoms with E-state index >= 15 is 0 Å². The molecule has 0 aliphatic heterocycles. The molecular weight excluding hydrogens is 521 g/mol. The summed E-state index contributed by atoms with van der Waals surface area (Å²) in [5.41, 5.74) is 1.67. The Morgan fingerprint density at radius 1 is 1.23 bits per heavy atom. The van der Waals surface area contributed by atoms with Crippen molar-refractivity contribution in [1.29, 1.82) is 5.26 Å². The highest BCUT2D eigenvalue weighted by Gasteiger charge is 2.16. The van der Waals surface area contributed by atoms with Gasteiger partial charge in [-0.25, -0.2) is 4.39 Å². The molecule has 0 atom stereocenters. The minimum absolute atomic E-state index is 0.166. The summed E-state index contributed by atoms with van der Waals surface area (Å²) in [6.07, 6.45) is 1.36. The number of benzene rings is 3. The summed E-state index contributed by atoms with van der Waals surface area (Å²) < 4.78 is 24.9. The Balaban J connectivity index is 1.84. The van der Waals surface area contributed by atoms with Crippen molar-refractivity contribution < 1.29 is 23.6 Å². The molecule has 3 rings (SSSR count). The largest absolute Gasteiger partial charge is 0.493 e. The maximum absolute atomic E-state index is 13.1. The molecule has 178 valence electrons. The van der Waals surface area contributed by atoms with Crippen LogP contribution in [0.15, 0.2) is 64.6 Å². The molecule has 0 spiro atoms. The van der Waals surface area contributed by atoms with E-state index in [1.807, 2.05) is 6.07 Å². The van der Waals surface area contributed by atoms with Gasteiger partial charge >= 0.3 is 0 Å². The number of amides is 1. The second kappa shape index (κ2) is 11.3. The lowest BCUT2D eigenvalue weighted by atomic mass is 10.1. The Morgan fingerprint density at radius 3 is 2.57 bits per heavy atom. The third-order valence-electron chi connectivity index (χ3n) is 4.90. The van der Waals surface area contributed by atoms with Crippen LogP contribution in [0.4, 0.5) is 15.8 Å². The standard InChI is InChI=1S/C25H19BrFN3O5/c1-15-3-8-20(30(32)33)12-22(15)29-25(31)18(13-28)9-17-10-21(26)24(23(11-17)34-2)35-14-16-4-6-19(27)7-5-16/h3-12H,14H2,1-2H3,(H,29,31)/b18-9+. The minimum atomic E-state index is -0.720. The van der Waals surface area contributed by atoms with E-state index in [1.54, 1.807) is 31.2 Å². The highest BCUT2D eigenvalue weighted by atomic mass is 79.9. The Bertz CT molecular complexity index is 1350. The zero-order valence-electron chi connectivity index (χ0n) is 18.7. The molecule has 3 aromatic rings. The number of carbonyl (C=O) groups is 1. The van der Waals surface area contributed by atoms with Crippen molar-refractivity contribution in [3.8, 4) is 17.6 Å². The van der Waals surface area contributed by atoms with Gasteiger partial charge in [-0.2, -0.15) is 5.26 Å². The van der Waals surface area contributed by atoms with Gasteiger partial charge in [-0.15, -0.1) is 0 Å². The number of rotatable bonds is 8. The predicted octanol–water partition coefficient (Wildman–Crippen LogP) is 5.94. The van der Waals surface area contributed by atoms with Crippen molar-refractivity contribution in [3.63, 3.8) is 0 Å². The summed E-state index contributed by atoms with van der Waals surface area (Å²) in [7, 11) is 1.45. The molecular formula is C25H19BrFN3O5. The number of hydrogen-bond donors (Lipinski definition) is 1. The smallest absolute Gasteiger partial charge is 0.271 e. The second-order valence-corrected chi connectivity index (χ2v) is 8.18. The second-order valence-electron chi connectivity index (χ2n) is 7.33. The maximum atomic E-state index is 13.1. The van der Waals surface area contributed by atoms with E-state index in [1.165, 1.54) is 43.5 Å². The van der Waals surface area contributed by atoms with Gasteiger partial charge in [0.1, 0.15) is 24.1 Å². The lowest BCUT2D eigenvalue weighted by Gasteiger charge is -2.14. The first-order valence-electron chi connectivity index (χ1n) is 10.1. The Labute approximate surface area is 208 Å². The van der Waals surface area contributed by atoms with Gasteiger partial charge in [0.25, 0.3) is 11.6 Å². The lowest BCUT2D eigenvalue weighted by Crippen LogP contribution is -2.14. The van der Waals surface area contributed by atoms with Gasteiger partial charge in [0, 0.05) is 12.1 Å². The number of non-ortho nitro benzene ring substituents is 1. The topological polar surface area (TPSA) is 114 Å². The Morgan fingerprint density at radius 2 is 1.94 bits per heavy atom. The van der Waals surface area contributed by atoms with Crippen LogP contribution in [0.2, 0.25) is 0 Å². The van der Waals surface area contributed by atoms with Crippen LogP contribution in [0.5, 0.6) is 11.5 Å². The van der Waals surface area contributed by atoms with Crippen LogP contribution in [0, 0.1) is 34.2 Å². The van der Waals surface area contributed by atoms with Crippen molar-refractivity contribution in [2.24, 2.45) is 0 Å². The summed E-state index contributed by atoms with van der Waals surface area (Å²) in [4.78, 5) is 23.2. The summed E-state index contributed by atoms with van der Waals surface area (Å²) in [6.45, 7) is 1.85. The molecule has 0 aromatic heterocycles.